The highest BCUT2D eigenvalue weighted by Gasteiger charge is 2.35. The molecule has 0 atom stereocenters. The fourth-order valence-corrected chi connectivity index (χ4v) is 5.88. The number of ether oxygens (including phenoxy) is 2. The summed E-state index contributed by atoms with van der Waals surface area (Å²) in [5.41, 5.74) is 4.41. The number of nitrogens with zero attached hydrogens (tertiary/aromatic N) is 1. The van der Waals surface area contributed by atoms with Crippen molar-refractivity contribution in [3.63, 3.8) is 0 Å². The lowest BCUT2D eigenvalue weighted by Crippen LogP contribution is -2.27. The highest BCUT2D eigenvalue weighted by Crippen LogP contribution is 2.36. The van der Waals surface area contributed by atoms with Crippen LogP contribution in [0.5, 0.6) is 11.5 Å². The molecule has 1 N–H and O–H groups in total. The Labute approximate surface area is 250 Å². The monoisotopic (exact) mass is 630 g/mol. The van der Waals surface area contributed by atoms with Crippen LogP contribution < -0.4 is 14.8 Å². The van der Waals surface area contributed by atoms with Gasteiger partial charge in [0.15, 0.2) is 18.1 Å². The second-order valence-corrected chi connectivity index (χ2v) is 11.4. The normalized spacial score (nSPS) is 14.1. The van der Waals surface area contributed by atoms with Gasteiger partial charge in [0.25, 0.3) is 17.1 Å². The fourth-order valence-electron chi connectivity index (χ4n) is 4.49. The first kappa shape index (κ1) is 28.4. The zero-order chi connectivity index (χ0) is 29.1. The van der Waals surface area contributed by atoms with E-state index in [2.05, 4.69) is 21.2 Å². The van der Waals surface area contributed by atoms with Gasteiger partial charge in [-0.1, -0.05) is 48.5 Å². The Morgan fingerprint density at radius 3 is 2.54 bits per heavy atom. The van der Waals surface area contributed by atoms with Gasteiger partial charge in [-0.25, -0.2) is 0 Å². The molecular weight excluding hydrogens is 604 g/mol. The molecule has 0 aromatic heterocycles. The summed E-state index contributed by atoms with van der Waals surface area (Å²) in [5.74, 6) is 0.110. The van der Waals surface area contributed by atoms with Crippen molar-refractivity contribution in [3.05, 3.63) is 104 Å². The van der Waals surface area contributed by atoms with E-state index >= 15 is 0 Å². The van der Waals surface area contributed by atoms with Crippen molar-refractivity contribution >= 4 is 67.3 Å². The third-order valence-corrected chi connectivity index (χ3v) is 8.35. The zero-order valence-electron chi connectivity index (χ0n) is 22.7. The number of thioether (sulfide) groups is 1. The number of halogens is 1. The molecular formula is C32H27BrN2O5S. The van der Waals surface area contributed by atoms with Crippen molar-refractivity contribution in [2.45, 2.75) is 20.4 Å². The Balaban J connectivity index is 1.27. The summed E-state index contributed by atoms with van der Waals surface area (Å²) in [6.07, 6.45) is 1.66. The lowest BCUT2D eigenvalue weighted by atomic mass is 10.0. The van der Waals surface area contributed by atoms with Crippen molar-refractivity contribution in [2.24, 2.45) is 0 Å². The van der Waals surface area contributed by atoms with Crippen molar-refractivity contribution in [1.82, 2.24) is 4.90 Å². The molecule has 3 amide bonds. The molecule has 4 aromatic rings. The Bertz CT molecular complexity index is 1710. The van der Waals surface area contributed by atoms with Crippen LogP contribution in [0.15, 0.2) is 82.2 Å². The maximum Gasteiger partial charge on any atom is 0.293 e. The molecule has 0 aliphatic carbocycles. The van der Waals surface area contributed by atoms with E-state index in [4.69, 9.17) is 9.47 Å². The Hall–Kier alpha value is -4.08. The van der Waals surface area contributed by atoms with Gasteiger partial charge in [-0.2, -0.15) is 0 Å². The van der Waals surface area contributed by atoms with Gasteiger partial charge in [-0.05, 0) is 105 Å². The lowest BCUT2D eigenvalue weighted by Gasteiger charge is -2.14. The Morgan fingerprint density at radius 2 is 1.73 bits per heavy atom. The van der Waals surface area contributed by atoms with Gasteiger partial charge in [0, 0.05) is 4.47 Å². The van der Waals surface area contributed by atoms with Crippen molar-refractivity contribution < 1.29 is 23.9 Å². The molecule has 208 valence electrons. The van der Waals surface area contributed by atoms with E-state index in [0.717, 1.165) is 43.7 Å². The van der Waals surface area contributed by atoms with Crippen LogP contribution in [0, 0.1) is 13.8 Å². The predicted molar refractivity (Wildman–Crippen MR) is 166 cm³/mol. The maximum absolute atomic E-state index is 13.2. The average Bonchev–Trinajstić information content (AvgIpc) is 3.22. The number of methoxy groups -OCH3 is 1. The first-order valence-corrected chi connectivity index (χ1v) is 14.4. The van der Waals surface area contributed by atoms with E-state index < -0.39 is 0 Å². The number of benzene rings is 4. The molecule has 1 aliphatic rings. The third kappa shape index (κ3) is 6.31. The number of carbonyl (C=O) groups excluding carboxylic acids is 3. The minimum atomic E-state index is -0.346. The summed E-state index contributed by atoms with van der Waals surface area (Å²) >= 11 is 4.39. The van der Waals surface area contributed by atoms with Crippen LogP contribution in [0.25, 0.3) is 16.8 Å². The lowest BCUT2D eigenvalue weighted by molar-refractivity contribution is -0.123. The molecule has 5 rings (SSSR count). The van der Waals surface area contributed by atoms with Gasteiger partial charge in [-0.15, -0.1) is 0 Å². The quantitative estimate of drug-likeness (QED) is 0.203. The first-order valence-electron chi connectivity index (χ1n) is 12.8. The highest BCUT2D eigenvalue weighted by molar-refractivity contribution is 9.10. The topological polar surface area (TPSA) is 84.9 Å². The minimum Gasteiger partial charge on any atom is -0.493 e. The van der Waals surface area contributed by atoms with Crippen LogP contribution in [0.2, 0.25) is 0 Å². The number of nitrogens with one attached hydrogen (secondary N) is 1. The summed E-state index contributed by atoms with van der Waals surface area (Å²) in [5, 5.41) is 4.59. The van der Waals surface area contributed by atoms with E-state index in [9.17, 15) is 14.4 Å². The van der Waals surface area contributed by atoms with Gasteiger partial charge >= 0.3 is 0 Å². The zero-order valence-corrected chi connectivity index (χ0v) is 25.1. The van der Waals surface area contributed by atoms with E-state index in [0.29, 0.717) is 27.7 Å². The fraction of sp³-hybridized carbons (Fsp3) is 0.156. The molecule has 7 nitrogen and oxygen atoms in total. The number of hydrogen-bond acceptors (Lipinski definition) is 6. The largest absolute Gasteiger partial charge is 0.493 e. The molecule has 1 heterocycles. The summed E-state index contributed by atoms with van der Waals surface area (Å²) in [6, 6.07) is 22.7. The minimum absolute atomic E-state index is 0.195. The third-order valence-electron chi connectivity index (χ3n) is 6.78. The molecule has 0 spiro atoms. The summed E-state index contributed by atoms with van der Waals surface area (Å²) in [4.78, 5) is 40.1. The van der Waals surface area contributed by atoms with Crippen molar-refractivity contribution in [3.8, 4) is 11.5 Å². The SMILES string of the molecule is COc1cc(/C=C2\SC(=O)N(Cc3cccc4ccccc34)C2=O)ccc1OCC(=O)Nc1cc(C)c(C)cc1Br. The van der Waals surface area contributed by atoms with E-state index in [1.165, 1.54) is 12.0 Å². The summed E-state index contributed by atoms with van der Waals surface area (Å²) in [6.45, 7) is 3.95. The van der Waals surface area contributed by atoms with Gasteiger partial charge in [-0.3, -0.25) is 19.3 Å². The number of imide groups is 1. The molecule has 9 heteroatoms. The van der Waals surface area contributed by atoms with E-state index in [1.54, 1.807) is 24.3 Å². The van der Waals surface area contributed by atoms with Crippen LogP contribution >= 0.6 is 27.7 Å². The summed E-state index contributed by atoms with van der Waals surface area (Å²) < 4.78 is 12.0. The molecule has 41 heavy (non-hydrogen) atoms. The first-order chi connectivity index (χ1) is 19.7. The molecule has 1 saturated heterocycles. The maximum atomic E-state index is 13.2. The van der Waals surface area contributed by atoms with Crippen molar-refractivity contribution in [2.75, 3.05) is 19.0 Å². The smallest absolute Gasteiger partial charge is 0.293 e. The number of hydrogen-bond donors (Lipinski definition) is 1. The average molecular weight is 632 g/mol. The van der Waals surface area contributed by atoms with Crippen LogP contribution in [-0.2, 0) is 16.1 Å². The van der Waals surface area contributed by atoms with Crippen LogP contribution in [0.3, 0.4) is 0 Å². The van der Waals surface area contributed by atoms with Gasteiger partial charge in [0.05, 0.1) is 24.2 Å². The van der Waals surface area contributed by atoms with Crippen LogP contribution in [0.4, 0.5) is 10.5 Å². The van der Waals surface area contributed by atoms with E-state index in [1.807, 2.05) is 68.4 Å². The molecule has 0 saturated carbocycles. The molecule has 1 fully saturated rings. The second kappa shape index (κ2) is 12.2. The number of anilines is 1. The van der Waals surface area contributed by atoms with Crippen LogP contribution in [0.1, 0.15) is 22.3 Å². The number of aryl methyl sites for hydroxylation is 2. The van der Waals surface area contributed by atoms with Crippen LogP contribution in [-0.4, -0.2) is 35.7 Å². The van der Waals surface area contributed by atoms with Gasteiger partial charge in [0.1, 0.15) is 0 Å². The molecule has 0 unspecified atom stereocenters. The summed E-state index contributed by atoms with van der Waals surface area (Å²) in [7, 11) is 1.50. The number of carbonyl (C=O) groups is 3. The Morgan fingerprint density at radius 1 is 0.976 bits per heavy atom. The molecule has 1 aliphatic heterocycles. The molecule has 0 radical (unpaired) electrons. The second-order valence-electron chi connectivity index (χ2n) is 9.57. The predicted octanol–water partition coefficient (Wildman–Crippen LogP) is 7.48. The molecule has 4 aromatic carbocycles. The Kier molecular flexibility index (Phi) is 8.46. The van der Waals surface area contributed by atoms with Gasteiger partial charge < -0.3 is 14.8 Å². The highest BCUT2D eigenvalue weighted by atomic mass is 79.9. The van der Waals surface area contributed by atoms with E-state index in [-0.39, 0.29) is 30.2 Å². The van der Waals surface area contributed by atoms with Gasteiger partial charge in [0.2, 0.25) is 0 Å². The number of amides is 3. The molecule has 0 bridgehead atoms. The standard InChI is InChI=1S/C32H27BrN2O5S/c1-19-13-25(33)26(14-20(19)2)34-30(36)18-40-27-12-11-21(15-28(27)39-3)16-29-31(37)35(32(38)41-29)17-23-9-6-8-22-7-4-5-10-24(22)23/h4-16H,17-18H2,1-3H3,(H,34,36)/b29-16-. The van der Waals surface area contributed by atoms with Crippen molar-refractivity contribution in [1.29, 1.82) is 0 Å². The number of fused-ring (bicyclic) bond motifs is 1. The number of rotatable bonds is 8.